The Hall–Kier alpha value is -0.270. The number of ketones is 1. The summed E-state index contributed by atoms with van der Waals surface area (Å²) in [5.41, 5.74) is 0. The van der Waals surface area contributed by atoms with Gasteiger partial charge in [0.2, 0.25) is 0 Å². The lowest BCUT2D eigenvalue weighted by Gasteiger charge is -2.22. The monoisotopic (exact) mass is 655 g/mol. The Morgan fingerprint density at radius 1 is 0.409 bits per heavy atom. The highest BCUT2D eigenvalue weighted by Crippen LogP contribution is 2.26. The second-order valence-corrected chi connectivity index (χ2v) is 14.3. The third kappa shape index (κ3) is 30.4. The van der Waals surface area contributed by atoms with E-state index in [0.29, 0.717) is 17.5 Å². The van der Waals surface area contributed by atoms with Crippen LogP contribution in [0.15, 0.2) is 24.3 Å². The van der Waals surface area contributed by atoms with E-state index in [1.165, 1.54) is 154 Å². The summed E-state index contributed by atoms with van der Waals surface area (Å²) in [7, 11) is 0. The summed E-state index contributed by atoms with van der Waals surface area (Å²) in [6, 6.07) is 0. The van der Waals surface area contributed by atoms with Crippen molar-refractivity contribution in [1.82, 2.24) is 0 Å². The van der Waals surface area contributed by atoms with Crippen LogP contribution in [-0.2, 0) is 4.79 Å². The Balaban J connectivity index is 3.96. The molecule has 0 saturated carbocycles. The lowest BCUT2D eigenvalue weighted by atomic mass is 9.83. The molecule has 0 bridgehead atoms. The van der Waals surface area contributed by atoms with Gasteiger partial charge >= 0.3 is 0 Å². The first-order chi connectivity index (χ1) is 21.7. The quantitative estimate of drug-likeness (QED) is 0.0373. The zero-order valence-corrected chi connectivity index (χ0v) is 31.3. The number of allylic oxidation sites excluding steroid dienone is 4. The molecule has 0 rings (SSSR count). The van der Waals surface area contributed by atoms with Crippen molar-refractivity contribution < 1.29 is 4.79 Å². The minimum atomic E-state index is 0.133. The fourth-order valence-corrected chi connectivity index (χ4v) is 6.90. The smallest absolute Gasteiger partial charge is 0.139 e. The third-order valence-electron chi connectivity index (χ3n) is 9.35. The Bertz CT molecular complexity index is 576. The van der Waals surface area contributed by atoms with Crippen molar-refractivity contribution in [3.8, 4) is 0 Å². The molecular weight excluding hydrogens is 579 g/mol. The van der Waals surface area contributed by atoms with Gasteiger partial charge in [0.15, 0.2) is 0 Å². The first kappa shape index (κ1) is 43.7. The van der Waals surface area contributed by atoms with Crippen LogP contribution in [0, 0.1) is 11.8 Å². The van der Waals surface area contributed by atoms with Crippen molar-refractivity contribution in [2.24, 2.45) is 11.8 Å². The molecule has 3 heteroatoms. The Kier molecular flexibility index (Phi) is 37.0. The summed E-state index contributed by atoms with van der Waals surface area (Å²) in [5, 5.41) is 0. The number of halogens is 2. The number of alkyl halides is 2. The van der Waals surface area contributed by atoms with E-state index >= 15 is 0 Å². The standard InChI is InChI=1S/C41H76Cl2O/c1-3-5-7-9-11-13-15-17-19-21-23-25-27-29-31-33-39(35-37-42)41(44)40(36-38-43)34-32-30-28-26-24-22-20-18-16-14-12-10-8-6-4-2/h17-20,39-40H,3-16,21-38H2,1-2H3/b19-17-,20-18-. The molecule has 0 heterocycles. The van der Waals surface area contributed by atoms with Crippen molar-refractivity contribution in [3.63, 3.8) is 0 Å². The number of Topliss-reactive ketones (excluding diaryl/α,β-unsaturated/α-hetero) is 1. The van der Waals surface area contributed by atoms with Crippen molar-refractivity contribution in [1.29, 1.82) is 0 Å². The minimum absolute atomic E-state index is 0.133. The topological polar surface area (TPSA) is 17.1 Å². The average molecular weight is 656 g/mol. The highest BCUT2D eigenvalue weighted by molar-refractivity contribution is 6.18. The van der Waals surface area contributed by atoms with Gasteiger partial charge < -0.3 is 0 Å². The van der Waals surface area contributed by atoms with Crippen LogP contribution in [-0.4, -0.2) is 17.5 Å². The SMILES string of the molecule is CCCCCCCC/C=C\CCCCCCCC(CCCl)C(=O)C(CCCl)CCCCCCC/C=C\CCCCCCCC. The van der Waals surface area contributed by atoms with Crippen LogP contribution >= 0.6 is 23.2 Å². The molecule has 2 atom stereocenters. The molecule has 0 radical (unpaired) electrons. The summed E-state index contributed by atoms with van der Waals surface area (Å²) in [6.45, 7) is 4.56. The van der Waals surface area contributed by atoms with Crippen LogP contribution in [0.4, 0.5) is 0 Å². The summed E-state index contributed by atoms with van der Waals surface area (Å²) >= 11 is 12.3. The van der Waals surface area contributed by atoms with E-state index in [1.54, 1.807) is 0 Å². The Labute approximate surface area is 287 Å². The molecule has 0 aliphatic rings. The normalized spacial score (nSPS) is 13.4. The predicted octanol–water partition coefficient (Wildman–Crippen LogP) is 15.1. The van der Waals surface area contributed by atoms with Crippen LogP contribution < -0.4 is 0 Å². The molecule has 0 N–H and O–H groups in total. The molecule has 0 aromatic carbocycles. The molecule has 0 fully saturated rings. The summed E-state index contributed by atoms with van der Waals surface area (Å²) < 4.78 is 0. The fourth-order valence-electron chi connectivity index (χ4n) is 6.38. The maximum Gasteiger partial charge on any atom is 0.139 e. The maximum atomic E-state index is 13.4. The van der Waals surface area contributed by atoms with Crippen LogP contribution in [0.3, 0.4) is 0 Å². The van der Waals surface area contributed by atoms with E-state index in [0.717, 1.165) is 38.5 Å². The first-order valence-electron chi connectivity index (χ1n) is 19.7. The summed E-state index contributed by atoms with van der Waals surface area (Å²) in [6.07, 6.45) is 47.4. The summed E-state index contributed by atoms with van der Waals surface area (Å²) in [4.78, 5) is 13.4. The highest BCUT2D eigenvalue weighted by Gasteiger charge is 2.25. The largest absolute Gasteiger partial charge is 0.299 e. The van der Waals surface area contributed by atoms with Crippen molar-refractivity contribution in [2.45, 2.75) is 206 Å². The molecule has 0 aliphatic carbocycles. The fraction of sp³-hybridized carbons (Fsp3) is 0.878. The molecule has 0 aromatic rings. The van der Waals surface area contributed by atoms with E-state index in [-0.39, 0.29) is 11.8 Å². The molecule has 0 aromatic heterocycles. The van der Waals surface area contributed by atoms with Crippen molar-refractivity contribution >= 4 is 29.0 Å². The Morgan fingerprint density at radius 2 is 0.682 bits per heavy atom. The lowest BCUT2D eigenvalue weighted by Crippen LogP contribution is -2.25. The molecule has 2 unspecified atom stereocenters. The van der Waals surface area contributed by atoms with Gasteiger partial charge in [-0.05, 0) is 77.0 Å². The Morgan fingerprint density at radius 3 is 0.977 bits per heavy atom. The number of carbonyl (C=O) groups is 1. The van der Waals surface area contributed by atoms with E-state index in [9.17, 15) is 4.79 Å². The highest BCUT2D eigenvalue weighted by atomic mass is 35.5. The molecule has 44 heavy (non-hydrogen) atoms. The van der Waals surface area contributed by atoms with Gasteiger partial charge in [-0.1, -0.05) is 154 Å². The number of unbranched alkanes of at least 4 members (excludes halogenated alkanes) is 22. The maximum absolute atomic E-state index is 13.4. The van der Waals surface area contributed by atoms with E-state index in [2.05, 4.69) is 38.2 Å². The van der Waals surface area contributed by atoms with Gasteiger partial charge in [0.1, 0.15) is 5.78 Å². The molecule has 260 valence electrons. The predicted molar refractivity (Wildman–Crippen MR) is 202 cm³/mol. The zero-order valence-electron chi connectivity index (χ0n) is 29.8. The second-order valence-electron chi connectivity index (χ2n) is 13.5. The van der Waals surface area contributed by atoms with Crippen molar-refractivity contribution in [3.05, 3.63) is 24.3 Å². The first-order valence-corrected chi connectivity index (χ1v) is 20.7. The van der Waals surface area contributed by atoms with Crippen molar-refractivity contribution in [2.75, 3.05) is 11.8 Å². The molecular formula is C41H76Cl2O. The molecule has 0 amide bonds. The number of rotatable bonds is 36. The molecule has 1 nitrogen and oxygen atoms in total. The van der Waals surface area contributed by atoms with Gasteiger partial charge in [-0.15, -0.1) is 23.2 Å². The van der Waals surface area contributed by atoms with Gasteiger partial charge in [-0.3, -0.25) is 4.79 Å². The van der Waals surface area contributed by atoms with Crippen LogP contribution in [0.5, 0.6) is 0 Å². The molecule has 0 spiro atoms. The molecule has 0 saturated heterocycles. The van der Waals surface area contributed by atoms with E-state index in [4.69, 9.17) is 23.2 Å². The number of hydrogen-bond donors (Lipinski definition) is 0. The van der Waals surface area contributed by atoms with Gasteiger partial charge in [-0.25, -0.2) is 0 Å². The van der Waals surface area contributed by atoms with Crippen LogP contribution in [0.2, 0.25) is 0 Å². The van der Waals surface area contributed by atoms with Crippen LogP contribution in [0.25, 0.3) is 0 Å². The summed E-state index contributed by atoms with van der Waals surface area (Å²) in [5.74, 6) is 1.89. The van der Waals surface area contributed by atoms with E-state index in [1.807, 2.05) is 0 Å². The van der Waals surface area contributed by atoms with Gasteiger partial charge in [0.05, 0.1) is 0 Å². The lowest BCUT2D eigenvalue weighted by molar-refractivity contribution is -0.127. The minimum Gasteiger partial charge on any atom is -0.299 e. The second kappa shape index (κ2) is 37.2. The zero-order chi connectivity index (χ0) is 32.2. The van der Waals surface area contributed by atoms with Crippen LogP contribution in [0.1, 0.15) is 206 Å². The third-order valence-corrected chi connectivity index (χ3v) is 9.79. The van der Waals surface area contributed by atoms with Gasteiger partial charge in [0.25, 0.3) is 0 Å². The van der Waals surface area contributed by atoms with Gasteiger partial charge in [0, 0.05) is 23.6 Å². The number of carbonyl (C=O) groups excluding carboxylic acids is 1. The van der Waals surface area contributed by atoms with Gasteiger partial charge in [-0.2, -0.15) is 0 Å². The average Bonchev–Trinajstić information content (AvgIpc) is 3.03. The number of hydrogen-bond acceptors (Lipinski definition) is 1. The van der Waals surface area contributed by atoms with E-state index < -0.39 is 0 Å². The molecule has 0 aliphatic heterocycles.